The number of nitrogens with zero attached hydrogens (tertiary/aromatic N) is 3. The quantitative estimate of drug-likeness (QED) is 0.435. The molecule has 0 fully saturated rings. The van der Waals surface area contributed by atoms with Crippen LogP contribution in [0.2, 0.25) is 0 Å². The van der Waals surface area contributed by atoms with Crippen LogP contribution in [0, 0.1) is 18.7 Å². The van der Waals surface area contributed by atoms with E-state index in [0.29, 0.717) is 29.2 Å². The molecule has 0 unspecified atom stereocenters. The Kier molecular flexibility index (Phi) is 4.64. The second kappa shape index (κ2) is 7.26. The van der Waals surface area contributed by atoms with Gasteiger partial charge in [0.25, 0.3) is 0 Å². The molecule has 0 aliphatic carbocycles. The monoisotopic (exact) mass is 388 g/mol. The first kappa shape index (κ1) is 17.9. The molecule has 4 aromatic rings. The molecule has 4 rings (SSSR count). The number of H-pyrrole nitrogens is 2. The largest absolute Gasteiger partial charge is 0.481 e. The topological polar surface area (TPSA) is 91.5 Å². The van der Waals surface area contributed by atoms with Gasteiger partial charge in [-0.1, -0.05) is 6.07 Å². The number of aromatic nitrogens is 5. The number of halogens is 2. The van der Waals surface area contributed by atoms with E-state index in [1.54, 1.807) is 12.1 Å². The van der Waals surface area contributed by atoms with Crippen LogP contribution in [-0.4, -0.2) is 32.3 Å². The third-order valence-electron chi connectivity index (χ3n) is 4.50. The van der Waals surface area contributed by atoms with Crippen molar-refractivity contribution in [3.05, 3.63) is 64.7 Å². The molecule has 9 heteroatoms. The van der Waals surface area contributed by atoms with E-state index in [1.807, 2.05) is 13.1 Å². The lowest BCUT2D eigenvalue weighted by atomic mass is 10.1. The van der Waals surface area contributed by atoms with Gasteiger partial charge in [-0.15, -0.1) is 0 Å². The highest BCUT2D eigenvalue weighted by Crippen LogP contribution is 2.24. The molecule has 0 aromatic carbocycles. The summed E-state index contributed by atoms with van der Waals surface area (Å²) in [5, 5.41) is 11.0. The molecule has 0 spiro atoms. The second-order valence-corrected chi connectivity index (χ2v) is 6.38. The van der Waals surface area contributed by atoms with E-state index >= 15 is 0 Å². The van der Waals surface area contributed by atoms with Gasteiger partial charge >= 0.3 is 0 Å². The van der Waals surface area contributed by atoms with E-state index in [1.165, 1.54) is 13.2 Å². The molecule has 4 heterocycles. The maximum absolute atomic E-state index is 14.5. The SMILES string of the molecule is COc1ncc(F)cc1CNc1ccc(Cc2c[nH]c3n[nH]c(C)c23)c(F)n1.[HH].[HH]. The fourth-order valence-corrected chi connectivity index (χ4v) is 3.16. The zero-order valence-electron chi connectivity index (χ0n) is 15.3. The third kappa shape index (κ3) is 3.38. The Morgan fingerprint density at radius 3 is 2.86 bits per heavy atom. The van der Waals surface area contributed by atoms with E-state index < -0.39 is 11.8 Å². The van der Waals surface area contributed by atoms with E-state index in [-0.39, 0.29) is 9.40 Å². The zero-order valence-corrected chi connectivity index (χ0v) is 15.3. The van der Waals surface area contributed by atoms with Crippen LogP contribution in [0.4, 0.5) is 14.6 Å². The number of hydrogen-bond acceptors (Lipinski definition) is 5. The van der Waals surface area contributed by atoms with Gasteiger partial charge in [-0.25, -0.2) is 14.4 Å². The van der Waals surface area contributed by atoms with Crippen molar-refractivity contribution in [2.75, 3.05) is 12.4 Å². The zero-order chi connectivity index (χ0) is 19.7. The predicted molar refractivity (Wildman–Crippen MR) is 104 cm³/mol. The maximum Gasteiger partial charge on any atom is 0.218 e. The lowest BCUT2D eigenvalue weighted by Crippen LogP contribution is -2.06. The number of fused-ring (bicyclic) bond motifs is 1. The van der Waals surface area contributed by atoms with Gasteiger partial charge in [-0.2, -0.15) is 9.49 Å². The summed E-state index contributed by atoms with van der Waals surface area (Å²) < 4.78 is 33.0. The number of nitrogens with one attached hydrogen (secondary N) is 3. The molecule has 28 heavy (non-hydrogen) atoms. The molecule has 0 amide bonds. The summed E-state index contributed by atoms with van der Waals surface area (Å²) in [6.45, 7) is 2.12. The van der Waals surface area contributed by atoms with Crippen LogP contribution in [0.1, 0.15) is 25.2 Å². The van der Waals surface area contributed by atoms with Crippen LogP contribution in [0.5, 0.6) is 5.88 Å². The Morgan fingerprint density at radius 2 is 2.07 bits per heavy atom. The summed E-state index contributed by atoms with van der Waals surface area (Å²) in [6, 6.07) is 4.68. The van der Waals surface area contributed by atoms with Crippen LogP contribution >= 0.6 is 0 Å². The van der Waals surface area contributed by atoms with Gasteiger partial charge in [0.15, 0.2) is 5.65 Å². The lowest BCUT2D eigenvalue weighted by Gasteiger charge is -2.10. The lowest BCUT2D eigenvalue weighted by molar-refractivity contribution is 0.391. The van der Waals surface area contributed by atoms with Crippen molar-refractivity contribution in [2.24, 2.45) is 0 Å². The molecule has 4 aromatic heterocycles. The van der Waals surface area contributed by atoms with Crippen molar-refractivity contribution >= 4 is 16.9 Å². The molecule has 0 aliphatic heterocycles. The number of ether oxygens (including phenoxy) is 1. The maximum atomic E-state index is 14.5. The van der Waals surface area contributed by atoms with Crippen molar-refractivity contribution < 1.29 is 16.4 Å². The number of methoxy groups -OCH3 is 1. The van der Waals surface area contributed by atoms with E-state index in [4.69, 9.17) is 4.74 Å². The minimum Gasteiger partial charge on any atom is -0.481 e. The molecule has 0 saturated carbocycles. The van der Waals surface area contributed by atoms with Crippen molar-refractivity contribution in [3.63, 3.8) is 0 Å². The third-order valence-corrected chi connectivity index (χ3v) is 4.50. The molecule has 0 aliphatic rings. The average Bonchev–Trinajstić information content (AvgIpc) is 3.25. The van der Waals surface area contributed by atoms with Crippen LogP contribution in [0.15, 0.2) is 30.6 Å². The number of aryl methyl sites for hydroxylation is 1. The number of anilines is 1. The minimum atomic E-state index is -0.565. The molecular weight excluding hydrogens is 366 g/mol. The van der Waals surface area contributed by atoms with Crippen LogP contribution in [0.3, 0.4) is 0 Å². The summed E-state index contributed by atoms with van der Waals surface area (Å²) in [4.78, 5) is 10.9. The fraction of sp³-hybridized carbons (Fsp3) is 0.211. The smallest absolute Gasteiger partial charge is 0.218 e. The molecule has 7 nitrogen and oxygen atoms in total. The Labute approximate surface area is 162 Å². The van der Waals surface area contributed by atoms with E-state index in [0.717, 1.165) is 28.5 Å². The molecule has 0 atom stereocenters. The summed E-state index contributed by atoms with van der Waals surface area (Å²) in [7, 11) is 1.45. The molecule has 148 valence electrons. The standard InChI is InChI=1S/C19H18F2N6O.2H2/c1-10-16-12(7-23-18(16)27-26-10)5-11-3-4-15(25-17(11)21)22-8-13-6-14(20)9-24-19(13)28-2;;/h3-4,6-7,9H,5,8H2,1-2H3,(H,22,25)(H2,23,26,27);2*1H. The second-order valence-electron chi connectivity index (χ2n) is 6.38. The normalized spacial score (nSPS) is 11.1. The summed E-state index contributed by atoms with van der Waals surface area (Å²) in [5.41, 5.74) is 3.60. The van der Waals surface area contributed by atoms with Crippen LogP contribution < -0.4 is 10.1 Å². The van der Waals surface area contributed by atoms with Crippen LogP contribution in [-0.2, 0) is 13.0 Å². The number of pyridine rings is 2. The molecule has 3 N–H and O–H groups in total. The first-order chi connectivity index (χ1) is 13.5. The minimum absolute atomic E-state index is 0. The number of aromatic amines is 2. The van der Waals surface area contributed by atoms with E-state index in [9.17, 15) is 8.78 Å². The fourth-order valence-electron chi connectivity index (χ4n) is 3.16. The van der Waals surface area contributed by atoms with Gasteiger partial charge in [0.05, 0.1) is 13.3 Å². The van der Waals surface area contributed by atoms with Gasteiger partial charge in [0.1, 0.15) is 11.6 Å². The van der Waals surface area contributed by atoms with Crippen molar-refractivity contribution in [1.82, 2.24) is 25.1 Å². The Balaban J connectivity index is 0.00000160. The van der Waals surface area contributed by atoms with Crippen molar-refractivity contribution in [3.8, 4) is 5.88 Å². The summed E-state index contributed by atoms with van der Waals surface area (Å²) in [5.74, 6) is -0.395. The van der Waals surface area contributed by atoms with Gasteiger partial charge < -0.3 is 15.0 Å². The molecule has 0 radical (unpaired) electrons. The molecular formula is C19H22F2N6O. The number of rotatable bonds is 6. The Morgan fingerprint density at radius 1 is 1.21 bits per heavy atom. The molecule has 0 saturated heterocycles. The highest BCUT2D eigenvalue weighted by Gasteiger charge is 2.13. The van der Waals surface area contributed by atoms with Gasteiger partial charge in [0.2, 0.25) is 11.8 Å². The van der Waals surface area contributed by atoms with Gasteiger partial charge in [0, 0.05) is 44.2 Å². The average molecular weight is 388 g/mol. The first-order valence-corrected chi connectivity index (χ1v) is 8.63. The van der Waals surface area contributed by atoms with Crippen LogP contribution in [0.25, 0.3) is 11.0 Å². The first-order valence-electron chi connectivity index (χ1n) is 8.63. The summed E-state index contributed by atoms with van der Waals surface area (Å²) in [6.07, 6.45) is 3.29. The Hall–Kier alpha value is -3.49. The highest BCUT2D eigenvalue weighted by molar-refractivity contribution is 5.82. The Bertz CT molecular complexity index is 1150. The van der Waals surface area contributed by atoms with Crippen molar-refractivity contribution in [1.29, 1.82) is 0 Å². The summed E-state index contributed by atoms with van der Waals surface area (Å²) >= 11 is 0. The van der Waals surface area contributed by atoms with Crippen molar-refractivity contribution in [2.45, 2.75) is 19.9 Å². The van der Waals surface area contributed by atoms with Gasteiger partial charge in [-0.3, -0.25) is 5.10 Å². The van der Waals surface area contributed by atoms with Gasteiger partial charge in [-0.05, 0) is 24.6 Å². The highest BCUT2D eigenvalue weighted by atomic mass is 19.1. The van der Waals surface area contributed by atoms with E-state index in [2.05, 4.69) is 30.5 Å². The molecule has 0 bridgehead atoms. The number of hydrogen-bond donors (Lipinski definition) is 3. The predicted octanol–water partition coefficient (Wildman–Crippen LogP) is 3.97.